The molecule has 0 unspecified atom stereocenters. The van der Waals surface area contributed by atoms with Crippen molar-refractivity contribution < 1.29 is 0 Å². The van der Waals surface area contributed by atoms with Crippen molar-refractivity contribution in [2.45, 2.75) is 78.1 Å². The van der Waals surface area contributed by atoms with Gasteiger partial charge in [0.1, 0.15) is 5.84 Å². The Bertz CT molecular complexity index is 217. The molecule has 0 rings (SSSR count). The van der Waals surface area contributed by atoms with Crippen LogP contribution < -0.4 is 0 Å². The van der Waals surface area contributed by atoms with Gasteiger partial charge in [0.25, 0.3) is 0 Å². The van der Waals surface area contributed by atoms with E-state index in [1.54, 1.807) is 0 Å². The molecular weight excluding hydrogens is 252 g/mol. The predicted octanol–water partition coefficient (Wildman–Crippen LogP) is 5.54. The minimum absolute atomic E-state index is 1.09. The summed E-state index contributed by atoms with van der Waals surface area (Å²) in [6.07, 6.45) is 13.5. The summed E-state index contributed by atoms with van der Waals surface area (Å²) in [6.45, 7) is 4.49. The normalized spacial score (nSPS) is 11.9. The number of nitrogens with zero attached hydrogens (tertiary/aromatic N) is 2. The molecule has 0 spiro atoms. The number of aliphatic imine (C=N–C) groups is 1. The number of unbranched alkanes of at least 4 members (excludes halogenated alkanes) is 7. The molecule has 0 aliphatic heterocycles. The van der Waals surface area contributed by atoms with Crippen molar-refractivity contribution in [2.75, 3.05) is 19.8 Å². The van der Waals surface area contributed by atoms with Crippen molar-refractivity contribution in [1.29, 1.82) is 0 Å². The molecule has 0 aromatic rings. The summed E-state index contributed by atoms with van der Waals surface area (Å²) < 4.78 is 2.25. The zero-order chi connectivity index (χ0) is 14.3. The van der Waals surface area contributed by atoms with E-state index in [9.17, 15) is 0 Å². The Morgan fingerprint density at radius 3 is 2.00 bits per heavy atom. The van der Waals surface area contributed by atoms with Crippen molar-refractivity contribution >= 4 is 17.8 Å². The molecule has 19 heavy (non-hydrogen) atoms. The fourth-order valence-corrected chi connectivity index (χ4v) is 3.07. The van der Waals surface area contributed by atoms with Gasteiger partial charge in [-0.15, -0.1) is 0 Å². The van der Waals surface area contributed by atoms with E-state index in [0.29, 0.717) is 0 Å². The van der Waals surface area contributed by atoms with E-state index in [0.717, 1.165) is 6.42 Å². The second-order valence-electron chi connectivity index (χ2n) is 5.20. The minimum Gasteiger partial charge on any atom is -0.308 e. The van der Waals surface area contributed by atoms with Crippen molar-refractivity contribution in [3.63, 3.8) is 0 Å². The maximum atomic E-state index is 4.36. The summed E-state index contributed by atoms with van der Waals surface area (Å²) in [5.41, 5.74) is 0. The second-order valence-corrected chi connectivity index (χ2v) is 6.41. The van der Waals surface area contributed by atoms with Crippen LogP contribution in [0.4, 0.5) is 0 Å². The van der Waals surface area contributed by atoms with Crippen molar-refractivity contribution in [1.82, 2.24) is 4.31 Å². The lowest BCUT2D eigenvalue weighted by atomic mass is 10.1. The SMILES string of the molecule is CCCCCCCCCCSN(C)/C(CCC)=N\C. The van der Waals surface area contributed by atoms with Gasteiger partial charge in [0.15, 0.2) is 0 Å². The molecule has 0 aromatic heterocycles. The Hall–Kier alpha value is -0.180. The summed E-state index contributed by atoms with van der Waals surface area (Å²) in [5, 5.41) is 0. The molecule has 0 heterocycles. The predicted molar refractivity (Wildman–Crippen MR) is 91.1 cm³/mol. The molecule has 0 fully saturated rings. The molecule has 0 aliphatic rings. The van der Waals surface area contributed by atoms with Crippen LogP contribution in [0.5, 0.6) is 0 Å². The maximum Gasteiger partial charge on any atom is 0.108 e. The summed E-state index contributed by atoms with van der Waals surface area (Å²) in [7, 11) is 4.05. The van der Waals surface area contributed by atoms with Gasteiger partial charge in [-0.25, -0.2) is 0 Å². The molecule has 2 nitrogen and oxygen atoms in total. The Kier molecular flexibility index (Phi) is 14.1. The van der Waals surface area contributed by atoms with Crippen molar-refractivity contribution in [2.24, 2.45) is 4.99 Å². The van der Waals surface area contributed by atoms with E-state index in [1.807, 2.05) is 19.0 Å². The van der Waals surface area contributed by atoms with Crippen LogP contribution in [0, 0.1) is 0 Å². The molecule has 0 aromatic carbocycles. The van der Waals surface area contributed by atoms with E-state index in [1.165, 1.54) is 69.4 Å². The van der Waals surface area contributed by atoms with Crippen LogP contribution in [0.25, 0.3) is 0 Å². The maximum absolute atomic E-state index is 4.36. The fourth-order valence-electron chi connectivity index (χ4n) is 2.15. The van der Waals surface area contributed by atoms with Crippen LogP contribution in [0.15, 0.2) is 4.99 Å². The highest BCUT2D eigenvalue weighted by molar-refractivity contribution is 7.97. The molecule has 0 radical (unpaired) electrons. The average molecular weight is 287 g/mol. The van der Waals surface area contributed by atoms with Gasteiger partial charge >= 0.3 is 0 Å². The first kappa shape index (κ1) is 18.8. The standard InChI is InChI=1S/C16H34N2S/c1-5-7-8-9-10-11-12-13-15-19-18(4)16(17-3)14-6-2/h5-15H2,1-4H3/b17-16-. The summed E-state index contributed by atoms with van der Waals surface area (Å²) in [6, 6.07) is 0. The second kappa shape index (κ2) is 14.2. The zero-order valence-corrected chi connectivity index (χ0v) is 14.4. The lowest BCUT2D eigenvalue weighted by molar-refractivity contribution is 0.586. The van der Waals surface area contributed by atoms with E-state index >= 15 is 0 Å². The zero-order valence-electron chi connectivity index (χ0n) is 13.6. The number of amidine groups is 1. The third kappa shape index (κ3) is 11.4. The van der Waals surface area contributed by atoms with E-state index < -0.39 is 0 Å². The molecule has 3 heteroatoms. The Labute approximate surface area is 125 Å². The molecule has 0 N–H and O–H groups in total. The van der Waals surface area contributed by atoms with E-state index in [2.05, 4.69) is 30.2 Å². The molecule has 114 valence electrons. The van der Waals surface area contributed by atoms with Crippen LogP contribution >= 0.6 is 11.9 Å². The molecule has 0 bridgehead atoms. The molecule has 0 atom stereocenters. The first-order valence-electron chi connectivity index (χ1n) is 8.08. The summed E-state index contributed by atoms with van der Waals surface area (Å²) in [4.78, 5) is 4.36. The van der Waals surface area contributed by atoms with Gasteiger partial charge in [-0.05, 0) is 24.8 Å². The summed E-state index contributed by atoms with van der Waals surface area (Å²) in [5.74, 6) is 2.46. The molecule has 0 aliphatic carbocycles. The number of rotatable bonds is 12. The average Bonchev–Trinajstić information content (AvgIpc) is 2.42. The van der Waals surface area contributed by atoms with Gasteiger partial charge in [0.05, 0.1) is 0 Å². The van der Waals surface area contributed by atoms with Crippen molar-refractivity contribution in [3.8, 4) is 0 Å². The minimum atomic E-state index is 1.09. The largest absolute Gasteiger partial charge is 0.308 e. The molecule has 0 amide bonds. The van der Waals surface area contributed by atoms with Crippen LogP contribution in [0.1, 0.15) is 78.1 Å². The fraction of sp³-hybridized carbons (Fsp3) is 0.938. The van der Waals surface area contributed by atoms with Gasteiger partial charge in [-0.1, -0.05) is 58.8 Å². The third-order valence-corrected chi connectivity index (χ3v) is 4.45. The monoisotopic (exact) mass is 286 g/mol. The highest BCUT2D eigenvalue weighted by Gasteiger charge is 2.04. The Morgan fingerprint density at radius 2 is 1.47 bits per heavy atom. The summed E-state index contributed by atoms with van der Waals surface area (Å²) >= 11 is 1.92. The smallest absolute Gasteiger partial charge is 0.108 e. The molecular formula is C16H34N2S. The van der Waals surface area contributed by atoms with Crippen LogP contribution in [-0.4, -0.2) is 30.0 Å². The third-order valence-electron chi connectivity index (χ3n) is 3.38. The van der Waals surface area contributed by atoms with Crippen LogP contribution in [0.2, 0.25) is 0 Å². The first-order valence-corrected chi connectivity index (χ1v) is 9.02. The van der Waals surface area contributed by atoms with Crippen LogP contribution in [0.3, 0.4) is 0 Å². The van der Waals surface area contributed by atoms with Gasteiger partial charge in [0.2, 0.25) is 0 Å². The first-order chi connectivity index (χ1) is 9.26. The molecule has 0 saturated carbocycles. The lowest BCUT2D eigenvalue weighted by Crippen LogP contribution is -2.19. The number of hydrogen-bond donors (Lipinski definition) is 0. The van der Waals surface area contributed by atoms with E-state index in [4.69, 9.17) is 0 Å². The van der Waals surface area contributed by atoms with Gasteiger partial charge < -0.3 is 4.31 Å². The van der Waals surface area contributed by atoms with Crippen LogP contribution in [-0.2, 0) is 0 Å². The number of hydrogen-bond acceptors (Lipinski definition) is 2. The Balaban J connectivity index is 3.38. The Morgan fingerprint density at radius 1 is 0.895 bits per heavy atom. The van der Waals surface area contributed by atoms with Crippen molar-refractivity contribution in [3.05, 3.63) is 0 Å². The van der Waals surface area contributed by atoms with Gasteiger partial charge in [0, 0.05) is 26.3 Å². The lowest BCUT2D eigenvalue weighted by Gasteiger charge is -2.19. The van der Waals surface area contributed by atoms with E-state index in [-0.39, 0.29) is 0 Å². The van der Waals surface area contributed by atoms with Gasteiger partial charge in [-0.2, -0.15) is 0 Å². The molecule has 0 saturated heterocycles. The quantitative estimate of drug-likeness (QED) is 0.203. The highest BCUT2D eigenvalue weighted by Crippen LogP contribution is 2.15. The van der Waals surface area contributed by atoms with Gasteiger partial charge in [-0.3, -0.25) is 4.99 Å². The topological polar surface area (TPSA) is 15.6 Å². The highest BCUT2D eigenvalue weighted by atomic mass is 32.2.